The first-order valence-electron chi connectivity index (χ1n) is 8.36. The normalized spacial score (nSPS) is 16.6. The number of anilines is 1. The molecule has 6 nitrogen and oxygen atoms in total. The first-order valence-corrected chi connectivity index (χ1v) is 9.24. The summed E-state index contributed by atoms with van der Waals surface area (Å²) >= 11 is 1.37. The van der Waals surface area contributed by atoms with E-state index in [1.54, 1.807) is 16.5 Å². The Labute approximate surface area is 141 Å². The van der Waals surface area contributed by atoms with Crippen molar-refractivity contribution in [2.24, 2.45) is 0 Å². The molecule has 1 aliphatic carbocycles. The standard InChI is InChI=1S/C16H26N4O2S/c1-3-12(2)20(11-14(21)19-15-17-9-10-23-15)16(22)18-13-7-5-4-6-8-13/h9-10,12-13H,3-8,11H2,1-2H3,(H,18,22)(H,17,19,21). The lowest BCUT2D eigenvalue weighted by Gasteiger charge is -2.31. The highest BCUT2D eigenvalue weighted by molar-refractivity contribution is 7.13. The van der Waals surface area contributed by atoms with Crippen molar-refractivity contribution < 1.29 is 9.59 Å². The van der Waals surface area contributed by atoms with Crippen LogP contribution >= 0.6 is 11.3 Å². The van der Waals surface area contributed by atoms with E-state index in [-0.39, 0.29) is 30.6 Å². The number of aromatic nitrogens is 1. The molecule has 1 heterocycles. The lowest BCUT2D eigenvalue weighted by atomic mass is 9.96. The largest absolute Gasteiger partial charge is 0.335 e. The van der Waals surface area contributed by atoms with Crippen LogP contribution in [0.1, 0.15) is 52.4 Å². The van der Waals surface area contributed by atoms with Gasteiger partial charge in [-0.1, -0.05) is 26.2 Å². The lowest BCUT2D eigenvalue weighted by molar-refractivity contribution is -0.117. The van der Waals surface area contributed by atoms with E-state index in [4.69, 9.17) is 0 Å². The van der Waals surface area contributed by atoms with Gasteiger partial charge in [-0.2, -0.15) is 0 Å². The number of nitrogens with one attached hydrogen (secondary N) is 2. The lowest BCUT2D eigenvalue weighted by Crippen LogP contribution is -2.51. The molecule has 1 atom stereocenters. The highest BCUT2D eigenvalue weighted by Gasteiger charge is 2.25. The van der Waals surface area contributed by atoms with Gasteiger partial charge in [0, 0.05) is 23.7 Å². The maximum absolute atomic E-state index is 12.6. The van der Waals surface area contributed by atoms with E-state index in [0.717, 1.165) is 19.3 Å². The van der Waals surface area contributed by atoms with Crippen molar-refractivity contribution in [3.05, 3.63) is 11.6 Å². The zero-order valence-electron chi connectivity index (χ0n) is 13.9. The SMILES string of the molecule is CCC(C)N(CC(=O)Nc1nccs1)C(=O)NC1CCCCC1. The molecule has 1 fully saturated rings. The molecule has 1 aromatic heterocycles. The van der Waals surface area contributed by atoms with Gasteiger partial charge in [0.1, 0.15) is 6.54 Å². The average Bonchev–Trinajstić information content (AvgIpc) is 3.05. The number of amides is 3. The second kappa shape index (κ2) is 8.86. The van der Waals surface area contributed by atoms with Gasteiger partial charge in [-0.25, -0.2) is 9.78 Å². The van der Waals surface area contributed by atoms with Crippen molar-refractivity contribution >= 4 is 28.4 Å². The number of carbonyl (C=O) groups excluding carboxylic acids is 2. The Kier molecular flexibility index (Phi) is 6.83. The van der Waals surface area contributed by atoms with E-state index < -0.39 is 0 Å². The fourth-order valence-electron chi connectivity index (χ4n) is 2.75. The van der Waals surface area contributed by atoms with Gasteiger partial charge in [0.2, 0.25) is 5.91 Å². The summed E-state index contributed by atoms with van der Waals surface area (Å²) in [4.78, 5) is 30.4. The van der Waals surface area contributed by atoms with Gasteiger partial charge in [-0.15, -0.1) is 11.3 Å². The van der Waals surface area contributed by atoms with Crippen LogP contribution in [0, 0.1) is 0 Å². The Morgan fingerprint density at radius 1 is 1.39 bits per heavy atom. The molecule has 1 aliphatic rings. The summed E-state index contributed by atoms with van der Waals surface area (Å²) in [6.45, 7) is 4.04. The van der Waals surface area contributed by atoms with Crippen molar-refractivity contribution in [2.45, 2.75) is 64.5 Å². The fraction of sp³-hybridized carbons (Fsp3) is 0.688. The molecule has 0 radical (unpaired) electrons. The number of urea groups is 1. The minimum absolute atomic E-state index is 0.0145. The van der Waals surface area contributed by atoms with E-state index in [0.29, 0.717) is 5.13 Å². The quantitative estimate of drug-likeness (QED) is 0.836. The molecule has 0 bridgehead atoms. The summed E-state index contributed by atoms with van der Waals surface area (Å²) in [5.41, 5.74) is 0. The highest BCUT2D eigenvalue weighted by atomic mass is 32.1. The van der Waals surface area contributed by atoms with Gasteiger partial charge in [0.25, 0.3) is 0 Å². The molecule has 0 aromatic carbocycles. The van der Waals surface area contributed by atoms with E-state index in [1.807, 2.05) is 13.8 Å². The molecule has 23 heavy (non-hydrogen) atoms. The summed E-state index contributed by atoms with van der Waals surface area (Å²) < 4.78 is 0. The van der Waals surface area contributed by atoms with Crippen molar-refractivity contribution in [3.63, 3.8) is 0 Å². The van der Waals surface area contributed by atoms with Crippen LogP contribution in [0.4, 0.5) is 9.93 Å². The number of hydrogen-bond donors (Lipinski definition) is 2. The zero-order chi connectivity index (χ0) is 16.7. The molecule has 128 valence electrons. The van der Waals surface area contributed by atoms with Gasteiger partial charge in [-0.05, 0) is 26.2 Å². The Hall–Kier alpha value is -1.63. The number of rotatable bonds is 6. The van der Waals surface area contributed by atoms with Gasteiger partial charge in [0.05, 0.1) is 0 Å². The van der Waals surface area contributed by atoms with Crippen LogP contribution < -0.4 is 10.6 Å². The Balaban J connectivity index is 1.92. The molecule has 3 amide bonds. The monoisotopic (exact) mass is 338 g/mol. The minimum atomic E-state index is -0.209. The summed E-state index contributed by atoms with van der Waals surface area (Å²) in [6.07, 6.45) is 8.09. The molecule has 2 rings (SSSR count). The molecule has 0 spiro atoms. The predicted octanol–water partition coefficient (Wildman–Crippen LogP) is 3.22. The summed E-state index contributed by atoms with van der Waals surface area (Å²) in [6, 6.07) is 0.117. The molecule has 0 saturated heterocycles. The van der Waals surface area contributed by atoms with Gasteiger partial charge < -0.3 is 15.5 Å². The summed E-state index contributed by atoms with van der Waals surface area (Å²) in [5.74, 6) is -0.209. The molecule has 0 aliphatic heterocycles. The molecular weight excluding hydrogens is 312 g/mol. The smallest absolute Gasteiger partial charge is 0.318 e. The predicted molar refractivity (Wildman–Crippen MR) is 92.6 cm³/mol. The molecule has 1 aromatic rings. The van der Waals surface area contributed by atoms with Crippen LogP contribution in [0.15, 0.2) is 11.6 Å². The third kappa shape index (κ3) is 5.49. The minimum Gasteiger partial charge on any atom is -0.335 e. The van der Waals surface area contributed by atoms with E-state index in [9.17, 15) is 9.59 Å². The average molecular weight is 338 g/mol. The van der Waals surface area contributed by atoms with Crippen molar-refractivity contribution in [1.29, 1.82) is 0 Å². The van der Waals surface area contributed by atoms with Crippen molar-refractivity contribution in [1.82, 2.24) is 15.2 Å². The molecule has 1 saturated carbocycles. The molecular formula is C16H26N4O2S. The van der Waals surface area contributed by atoms with Crippen LogP contribution in [-0.2, 0) is 4.79 Å². The van der Waals surface area contributed by atoms with Gasteiger partial charge in [0.15, 0.2) is 5.13 Å². The van der Waals surface area contributed by atoms with Crippen molar-refractivity contribution in [3.8, 4) is 0 Å². The number of thiazole rings is 1. The van der Waals surface area contributed by atoms with Crippen molar-refractivity contribution in [2.75, 3.05) is 11.9 Å². The maximum atomic E-state index is 12.6. The Morgan fingerprint density at radius 3 is 2.74 bits per heavy atom. The van der Waals surface area contributed by atoms with Crippen LogP contribution in [0.25, 0.3) is 0 Å². The summed E-state index contributed by atoms with van der Waals surface area (Å²) in [5, 5.41) is 8.19. The second-order valence-corrected chi connectivity index (χ2v) is 6.95. The van der Waals surface area contributed by atoms with Crippen LogP contribution in [0.3, 0.4) is 0 Å². The summed E-state index contributed by atoms with van der Waals surface area (Å²) in [7, 11) is 0. The number of hydrogen-bond acceptors (Lipinski definition) is 4. The van der Waals surface area contributed by atoms with Crippen LogP contribution in [-0.4, -0.2) is 40.5 Å². The Bertz CT molecular complexity index is 500. The number of carbonyl (C=O) groups is 2. The molecule has 2 N–H and O–H groups in total. The van der Waals surface area contributed by atoms with E-state index in [2.05, 4.69) is 15.6 Å². The van der Waals surface area contributed by atoms with Crippen LogP contribution in [0.2, 0.25) is 0 Å². The molecule has 7 heteroatoms. The Morgan fingerprint density at radius 2 is 2.13 bits per heavy atom. The topological polar surface area (TPSA) is 74.3 Å². The second-order valence-electron chi connectivity index (χ2n) is 6.06. The zero-order valence-corrected chi connectivity index (χ0v) is 14.7. The van der Waals surface area contributed by atoms with E-state index in [1.165, 1.54) is 30.6 Å². The van der Waals surface area contributed by atoms with Crippen LogP contribution in [0.5, 0.6) is 0 Å². The first-order chi connectivity index (χ1) is 11.1. The number of nitrogens with zero attached hydrogens (tertiary/aromatic N) is 2. The maximum Gasteiger partial charge on any atom is 0.318 e. The van der Waals surface area contributed by atoms with E-state index >= 15 is 0 Å². The van der Waals surface area contributed by atoms with Gasteiger partial charge in [-0.3, -0.25) is 4.79 Å². The molecule has 1 unspecified atom stereocenters. The third-order valence-corrected chi connectivity index (χ3v) is 5.00. The third-order valence-electron chi connectivity index (χ3n) is 4.31. The first kappa shape index (κ1) is 17.7. The van der Waals surface area contributed by atoms with Gasteiger partial charge >= 0.3 is 6.03 Å². The highest BCUT2D eigenvalue weighted by Crippen LogP contribution is 2.18. The fourth-order valence-corrected chi connectivity index (χ4v) is 3.30.